The minimum Gasteiger partial charge on any atom is -0.338 e. The summed E-state index contributed by atoms with van der Waals surface area (Å²) in [4.78, 5) is 26.1. The maximum Gasteiger partial charge on any atom is 0.274 e. The summed E-state index contributed by atoms with van der Waals surface area (Å²) < 4.78 is 1.76. The van der Waals surface area contributed by atoms with Crippen LogP contribution in [0.25, 0.3) is 5.65 Å². The molecular formula is C27H24ClN7O. The van der Waals surface area contributed by atoms with Crippen LogP contribution in [0.5, 0.6) is 0 Å². The predicted molar refractivity (Wildman–Crippen MR) is 140 cm³/mol. The van der Waals surface area contributed by atoms with E-state index in [1.165, 1.54) is 0 Å². The SMILES string of the molecule is Cc1ccccc1N/C(=N/C#N)N1CCN(C(=O)c2cn3cc(Cl)ccc3n2)C(c2ccccc2)C1. The molecule has 1 atom stereocenters. The van der Waals surface area contributed by atoms with Gasteiger partial charge in [0.15, 0.2) is 0 Å². The van der Waals surface area contributed by atoms with E-state index in [2.05, 4.69) is 15.3 Å². The van der Waals surface area contributed by atoms with Gasteiger partial charge >= 0.3 is 0 Å². The van der Waals surface area contributed by atoms with Crippen LogP contribution in [0.1, 0.15) is 27.7 Å². The molecule has 0 radical (unpaired) electrons. The third-order valence-electron chi connectivity index (χ3n) is 6.31. The number of aryl methyl sites for hydroxylation is 1. The number of piperazine rings is 1. The number of carbonyl (C=O) groups excluding carboxylic acids is 1. The van der Waals surface area contributed by atoms with Crippen LogP contribution in [0.2, 0.25) is 5.02 Å². The fourth-order valence-electron chi connectivity index (χ4n) is 4.45. The number of nitrogens with zero attached hydrogens (tertiary/aromatic N) is 6. The highest BCUT2D eigenvalue weighted by Crippen LogP contribution is 2.28. The molecule has 1 N–H and O–H groups in total. The highest BCUT2D eigenvalue weighted by molar-refractivity contribution is 6.30. The Kier molecular flexibility index (Phi) is 6.56. The Hall–Kier alpha value is -4.35. The molecule has 0 spiro atoms. The normalized spacial score (nSPS) is 16.1. The molecule has 2 aromatic carbocycles. The van der Waals surface area contributed by atoms with E-state index in [-0.39, 0.29) is 11.9 Å². The number of para-hydroxylation sites is 1. The third-order valence-corrected chi connectivity index (χ3v) is 6.53. The zero-order valence-electron chi connectivity index (χ0n) is 19.7. The smallest absolute Gasteiger partial charge is 0.274 e. The van der Waals surface area contributed by atoms with Gasteiger partial charge in [-0.05, 0) is 36.2 Å². The third kappa shape index (κ3) is 4.74. The lowest BCUT2D eigenvalue weighted by molar-refractivity contribution is 0.0545. The van der Waals surface area contributed by atoms with Gasteiger partial charge in [-0.1, -0.05) is 60.1 Å². The first-order valence-corrected chi connectivity index (χ1v) is 12.0. The minimum absolute atomic E-state index is 0.158. The van der Waals surface area contributed by atoms with Crippen molar-refractivity contribution in [3.05, 3.63) is 101 Å². The van der Waals surface area contributed by atoms with Crippen LogP contribution in [0, 0.1) is 18.4 Å². The molecule has 3 heterocycles. The van der Waals surface area contributed by atoms with Crippen LogP contribution in [-0.4, -0.2) is 50.7 Å². The molecule has 1 fully saturated rings. The number of amides is 1. The highest BCUT2D eigenvalue weighted by atomic mass is 35.5. The zero-order valence-corrected chi connectivity index (χ0v) is 20.4. The van der Waals surface area contributed by atoms with Crippen LogP contribution in [0.4, 0.5) is 5.69 Å². The topological polar surface area (TPSA) is 89.0 Å². The minimum atomic E-state index is -0.261. The van der Waals surface area contributed by atoms with E-state index in [0.717, 1.165) is 16.8 Å². The molecule has 8 nitrogen and oxygen atoms in total. The molecule has 0 aliphatic carbocycles. The lowest BCUT2D eigenvalue weighted by Crippen LogP contribution is -2.53. The standard InChI is InChI=1S/C27H24ClN7O/c1-19-7-5-6-10-22(19)32-27(30-18-29)33-13-14-35(24(17-33)20-8-3-2-4-9-20)26(36)23-16-34-15-21(28)11-12-25(34)31-23/h2-12,15-16,24H,13-14,17H2,1H3,(H,30,32). The van der Waals surface area contributed by atoms with Gasteiger partial charge in [-0.25, -0.2) is 4.98 Å². The summed E-state index contributed by atoms with van der Waals surface area (Å²) >= 11 is 6.11. The predicted octanol–water partition coefficient (Wildman–Crippen LogP) is 4.74. The van der Waals surface area contributed by atoms with E-state index in [9.17, 15) is 10.1 Å². The van der Waals surface area contributed by atoms with Crippen molar-refractivity contribution in [3.8, 4) is 6.19 Å². The maximum atomic E-state index is 13.7. The number of rotatable bonds is 3. The highest BCUT2D eigenvalue weighted by Gasteiger charge is 2.34. The summed E-state index contributed by atoms with van der Waals surface area (Å²) in [5, 5.41) is 13.3. The summed E-state index contributed by atoms with van der Waals surface area (Å²) in [5.41, 5.74) is 3.93. The van der Waals surface area contributed by atoms with Crippen LogP contribution >= 0.6 is 11.6 Å². The van der Waals surface area contributed by atoms with Crippen LogP contribution in [0.3, 0.4) is 0 Å². The van der Waals surface area contributed by atoms with Crippen LogP contribution in [-0.2, 0) is 0 Å². The van der Waals surface area contributed by atoms with Crippen molar-refractivity contribution in [2.75, 3.05) is 25.0 Å². The monoisotopic (exact) mass is 497 g/mol. The number of fused-ring (bicyclic) bond motifs is 1. The Bertz CT molecular complexity index is 1470. The average molecular weight is 498 g/mol. The van der Waals surface area contributed by atoms with Crippen molar-refractivity contribution in [3.63, 3.8) is 0 Å². The first kappa shape index (κ1) is 23.4. The van der Waals surface area contributed by atoms with Gasteiger partial charge in [0.2, 0.25) is 12.2 Å². The molecular weight excluding hydrogens is 474 g/mol. The fourth-order valence-corrected chi connectivity index (χ4v) is 4.62. The molecule has 2 aromatic heterocycles. The van der Waals surface area contributed by atoms with Gasteiger partial charge < -0.3 is 19.5 Å². The number of guanidine groups is 1. The van der Waals surface area contributed by atoms with Crippen molar-refractivity contribution >= 4 is 34.8 Å². The summed E-state index contributed by atoms with van der Waals surface area (Å²) in [5.74, 6) is 0.302. The molecule has 0 bridgehead atoms. The molecule has 36 heavy (non-hydrogen) atoms. The Morgan fingerprint density at radius 3 is 2.64 bits per heavy atom. The van der Waals surface area contributed by atoms with E-state index in [4.69, 9.17) is 11.6 Å². The zero-order chi connectivity index (χ0) is 25.1. The molecule has 1 amide bonds. The van der Waals surface area contributed by atoms with Gasteiger partial charge in [-0.15, -0.1) is 4.99 Å². The number of imidazole rings is 1. The first-order valence-electron chi connectivity index (χ1n) is 11.6. The van der Waals surface area contributed by atoms with E-state index in [0.29, 0.717) is 42.0 Å². The summed E-state index contributed by atoms with van der Waals surface area (Å²) in [7, 11) is 0. The van der Waals surface area contributed by atoms with E-state index in [1.54, 1.807) is 28.9 Å². The first-order chi connectivity index (χ1) is 17.5. The number of benzene rings is 2. The number of carbonyl (C=O) groups is 1. The summed E-state index contributed by atoms with van der Waals surface area (Å²) in [6.07, 6.45) is 5.36. The number of nitriles is 1. The fraction of sp³-hybridized carbons (Fsp3) is 0.185. The summed E-state index contributed by atoms with van der Waals surface area (Å²) in [6.45, 7) is 3.41. The number of hydrogen-bond acceptors (Lipinski definition) is 4. The van der Waals surface area contributed by atoms with Crippen molar-refractivity contribution in [1.29, 1.82) is 5.26 Å². The van der Waals surface area contributed by atoms with Crippen molar-refractivity contribution in [1.82, 2.24) is 19.2 Å². The van der Waals surface area contributed by atoms with Crippen molar-refractivity contribution in [2.45, 2.75) is 13.0 Å². The number of aliphatic imine (C=N–C) groups is 1. The van der Waals surface area contributed by atoms with Crippen LogP contribution < -0.4 is 5.32 Å². The number of nitrogens with one attached hydrogen (secondary N) is 1. The Labute approximate surface area is 214 Å². The van der Waals surface area contributed by atoms with Crippen molar-refractivity contribution < 1.29 is 4.79 Å². The van der Waals surface area contributed by atoms with E-state index in [1.807, 2.05) is 77.5 Å². The molecule has 4 aromatic rings. The van der Waals surface area contributed by atoms with Gasteiger partial charge in [-0.3, -0.25) is 4.79 Å². The Morgan fingerprint density at radius 2 is 1.86 bits per heavy atom. The average Bonchev–Trinajstić information content (AvgIpc) is 3.33. The van der Waals surface area contributed by atoms with E-state index >= 15 is 0 Å². The largest absolute Gasteiger partial charge is 0.338 e. The molecule has 9 heteroatoms. The second-order valence-corrected chi connectivity index (χ2v) is 9.02. The van der Waals surface area contributed by atoms with E-state index < -0.39 is 0 Å². The molecule has 1 aliphatic rings. The molecule has 180 valence electrons. The second kappa shape index (κ2) is 10.1. The lowest BCUT2D eigenvalue weighted by Gasteiger charge is -2.42. The Morgan fingerprint density at radius 1 is 1.08 bits per heavy atom. The van der Waals surface area contributed by atoms with Crippen molar-refractivity contribution in [2.24, 2.45) is 4.99 Å². The van der Waals surface area contributed by atoms with Gasteiger partial charge in [0, 0.05) is 37.7 Å². The number of halogens is 1. The molecule has 5 rings (SSSR count). The summed E-state index contributed by atoms with van der Waals surface area (Å²) in [6, 6.07) is 21.0. The number of hydrogen-bond donors (Lipinski definition) is 1. The molecule has 1 saturated heterocycles. The van der Waals surface area contributed by atoms with Gasteiger partial charge in [-0.2, -0.15) is 5.26 Å². The van der Waals surface area contributed by atoms with Crippen LogP contribution in [0.15, 0.2) is 84.1 Å². The van der Waals surface area contributed by atoms with Gasteiger partial charge in [0.05, 0.1) is 11.1 Å². The van der Waals surface area contributed by atoms with Gasteiger partial charge in [0.1, 0.15) is 11.3 Å². The second-order valence-electron chi connectivity index (χ2n) is 8.59. The Balaban J connectivity index is 1.45. The lowest BCUT2D eigenvalue weighted by atomic mass is 10.0. The number of aromatic nitrogens is 2. The molecule has 1 unspecified atom stereocenters. The van der Waals surface area contributed by atoms with Gasteiger partial charge in [0.25, 0.3) is 5.91 Å². The molecule has 0 saturated carbocycles. The number of anilines is 1. The quantitative estimate of drug-likeness (QED) is 0.251. The maximum absolute atomic E-state index is 13.7. The molecule has 1 aliphatic heterocycles. The number of pyridine rings is 1.